The van der Waals surface area contributed by atoms with Gasteiger partial charge in [0.25, 0.3) is 0 Å². The largest absolute Gasteiger partial charge is 0.350 e. The average Bonchev–Trinajstić information content (AvgIpc) is 3.31. The minimum absolute atomic E-state index is 0.0764. The van der Waals surface area contributed by atoms with Crippen LogP contribution in [0.5, 0.6) is 0 Å². The van der Waals surface area contributed by atoms with Crippen molar-refractivity contribution >= 4 is 17.7 Å². The monoisotopic (exact) mass is 386 g/mol. The second-order valence-electron chi connectivity index (χ2n) is 7.83. The number of likely N-dealkylation sites (tertiary alicyclic amines) is 2. The number of amides is 3. The minimum Gasteiger partial charge on any atom is -0.350 e. The maximum Gasteiger partial charge on any atom is 0.245 e. The highest BCUT2D eigenvalue weighted by Crippen LogP contribution is 2.20. The molecule has 2 aliphatic rings. The summed E-state index contributed by atoms with van der Waals surface area (Å²) in [5, 5.41) is 5.75. The molecular weight excluding hydrogens is 356 g/mol. The first-order chi connectivity index (χ1) is 13.4. The van der Waals surface area contributed by atoms with Gasteiger partial charge >= 0.3 is 0 Å². The predicted octanol–water partition coefficient (Wildman–Crippen LogP) is 0.893. The molecule has 2 aliphatic heterocycles. The van der Waals surface area contributed by atoms with Crippen molar-refractivity contribution in [1.82, 2.24) is 20.4 Å². The first kappa shape index (κ1) is 20.3. The van der Waals surface area contributed by atoms with Crippen LogP contribution < -0.4 is 10.6 Å². The molecule has 3 rings (SSSR count). The smallest absolute Gasteiger partial charge is 0.245 e. The van der Waals surface area contributed by atoms with Gasteiger partial charge in [-0.15, -0.1) is 0 Å². The molecule has 0 aliphatic carbocycles. The van der Waals surface area contributed by atoms with E-state index in [4.69, 9.17) is 0 Å². The Hall–Kier alpha value is -2.41. The van der Waals surface area contributed by atoms with Crippen LogP contribution in [0.15, 0.2) is 30.3 Å². The SMILES string of the molecule is CC(=O)NC(C)C(=O)N1CCCC1C(=O)NC1CCN(Cc2ccccc2)C1. The molecule has 0 radical (unpaired) electrons. The number of hydrogen-bond donors (Lipinski definition) is 2. The van der Waals surface area contributed by atoms with Crippen LogP contribution in [-0.2, 0) is 20.9 Å². The van der Waals surface area contributed by atoms with Gasteiger partial charge in [0.1, 0.15) is 12.1 Å². The second kappa shape index (κ2) is 9.19. The van der Waals surface area contributed by atoms with E-state index in [0.717, 1.165) is 32.5 Å². The van der Waals surface area contributed by atoms with Crippen LogP contribution in [0, 0.1) is 0 Å². The fourth-order valence-electron chi connectivity index (χ4n) is 4.15. The van der Waals surface area contributed by atoms with Crippen LogP contribution in [0.2, 0.25) is 0 Å². The van der Waals surface area contributed by atoms with E-state index in [-0.39, 0.29) is 23.8 Å². The van der Waals surface area contributed by atoms with Crippen LogP contribution in [0.1, 0.15) is 38.7 Å². The maximum atomic E-state index is 12.8. The van der Waals surface area contributed by atoms with Gasteiger partial charge < -0.3 is 15.5 Å². The third-order valence-electron chi connectivity index (χ3n) is 5.50. The molecule has 1 aromatic rings. The lowest BCUT2D eigenvalue weighted by Crippen LogP contribution is -2.53. The van der Waals surface area contributed by atoms with E-state index in [0.29, 0.717) is 13.0 Å². The van der Waals surface area contributed by atoms with Crippen LogP contribution in [-0.4, -0.2) is 65.3 Å². The maximum absolute atomic E-state index is 12.8. The van der Waals surface area contributed by atoms with Gasteiger partial charge in [-0.2, -0.15) is 0 Å². The van der Waals surface area contributed by atoms with Gasteiger partial charge in [0.15, 0.2) is 0 Å². The number of carbonyl (C=O) groups is 3. The number of carbonyl (C=O) groups excluding carboxylic acids is 3. The summed E-state index contributed by atoms with van der Waals surface area (Å²) in [5.41, 5.74) is 1.27. The zero-order valence-corrected chi connectivity index (χ0v) is 16.7. The zero-order valence-electron chi connectivity index (χ0n) is 16.7. The molecule has 3 atom stereocenters. The van der Waals surface area contributed by atoms with Crippen molar-refractivity contribution in [2.45, 2.75) is 57.8 Å². The molecular formula is C21H30N4O3. The molecule has 28 heavy (non-hydrogen) atoms. The van der Waals surface area contributed by atoms with E-state index in [1.807, 2.05) is 18.2 Å². The molecule has 2 fully saturated rings. The Kier molecular flexibility index (Phi) is 6.67. The Bertz CT molecular complexity index is 709. The number of hydrogen-bond acceptors (Lipinski definition) is 4. The molecule has 0 saturated carbocycles. The molecule has 0 aromatic heterocycles. The highest BCUT2D eigenvalue weighted by Gasteiger charge is 2.37. The fourth-order valence-corrected chi connectivity index (χ4v) is 4.15. The summed E-state index contributed by atoms with van der Waals surface area (Å²) < 4.78 is 0. The molecule has 0 spiro atoms. The van der Waals surface area contributed by atoms with E-state index >= 15 is 0 Å². The predicted molar refractivity (Wildman–Crippen MR) is 106 cm³/mol. The Morgan fingerprint density at radius 3 is 2.61 bits per heavy atom. The lowest BCUT2D eigenvalue weighted by Gasteiger charge is -2.28. The van der Waals surface area contributed by atoms with Crippen molar-refractivity contribution < 1.29 is 14.4 Å². The van der Waals surface area contributed by atoms with Crippen molar-refractivity contribution in [2.24, 2.45) is 0 Å². The van der Waals surface area contributed by atoms with Crippen LogP contribution in [0.25, 0.3) is 0 Å². The summed E-state index contributed by atoms with van der Waals surface area (Å²) in [6.07, 6.45) is 2.40. The van der Waals surface area contributed by atoms with Gasteiger partial charge in [0.05, 0.1) is 0 Å². The standard InChI is InChI=1S/C21H30N4O3/c1-15(22-16(2)26)21(28)25-11-6-9-19(25)20(27)23-18-10-12-24(14-18)13-17-7-4-3-5-8-17/h3-5,7-8,15,18-19H,6,9-14H2,1-2H3,(H,22,26)(H,23,27). The quantitative estimate of drug-likeness (QED) is 0.761. The number of benzene rings is 1. The van der Waals surface area contributed by atoms with E-state index in [2.05, 4.69) is 27.7 Å². The van der Waals surface area contributed by atoms with Crippen molar-refractivity contribution in [1.29, 1.82) is 0 Å². The molecule has 2 N–H and O–H groups in total. The van der Waals surface area contributed by atoms with Crippen molar-refractivity contribution in [2.75, 3.05) is 19.6 Å². The van der Waals surface area contributed by atoms with Crippen LogP contribution >= 0.6 is 0 Å². The van der Waals surface area contributed by atoms with Crippen molar-refractivity contribution in [3.63, 3.8) is 0 Å². The summed E-state index contributed by atoms with van der Waals surface area (Å²) >= 11 is 0. The van der Waals surface area contributed by atoms with E-state index in [9.17, 15) is 14.4 Å². The summed E-state index contributed by atoms with van der Waals surface area (Å²) in [5.74, 6) is -0.511. The number of nitrogens with one attached hydrogen (secondary N) is 2. The van der Waals surface area contributed by atoms with Crippen LogP contribution in [0.3, 0.4) is 0 Å². The third-order valence-corrected chi connectivity index (χ3v) is 5.50. The molecule has 3 amide bonds. The Balaban J connectivity index is 1.51. The van der Waals surface area contributed by atoms with Gasteiger partial charge in [-0.1, -0.05) is 30.3 Å². The summed E-state index contributed by atoms with van der Waals surface area (Å²) in [6.45, 7) is 6.27. The average molecular weight is 386 g/mol. The topological polar surface area (TPSA) is 81.8 Å². The van der Waals surface area contributed by atoms with Gasteiger partial charge in [0, 0.05) is 39.1 Å². The van der Waals surface area contributed by atoms with E-state index in [1.165, 1.54) is 12.5 Å². The second-order valence-corrected chi connectivity index (χ2v) is 7.83. The molecule has 2 heterocycles. The van der Waals surface area contributed by atoms with Crippen molar-refractivity contribution in [3.8, 4) is 0 Å². The van der Waals surface area contributed by atoms with Gasteiger partial charge in [0.2, 0.25) is 17.7 Å². The summed E-state index contributed by atoms with van der Waals surface area (Å²) in [6, 6.07) is 9.38. The number of rotatable bonds is 6. The zero-order chi connectivity index (χ0) is 20.1. The number of nitrogens with zero attached hydrogens (tertiary/aromatic N) is 2. The molecule has 3 unspecified atom stereocenters. The fraction of sp³-hybridized carbons (Fsp3) is 0.571. The lowest BCUT2D eigenvalue weighted by atomic mass is 10.1. The molecule has 2 saturated heterocycles. The Labute approximate surface area is 166 Å². The van der Waals surface area contributed by atoms with E-state index < -0.39 is 12.1 Å². The normalized spacial score (nSPS) is 23.4. The Morgan fingerprint density at radius 1 is 1.14 bits per heavy atom. The molecule has 152 valence electrons. The minimum atomic E-state index is -0.612. The first-order valence-electron chi connectivity index (χ1n) is 10.1. The molecule has 1 aromatic carbocycles. The third kappa shape index (κ3) is 5.10. The summed E-state index contributed by atoms with van der Waals surface area (Å²) in [4.78, 5) is 40.6. The van der Waals surface area contributed by atoms with E-state index in [1.54, 1.807) is 11.8 Å². The highest BCUT2D eigenvalue weighted by atomic mass is 16.2. The summed E-state index contributed by atoms with van der Waals surface area (Å²) in [7, 11) is 0. The van der Waals surface area contributed by atoms with Gasteiger partial charge in [-0.3, -0.25) is 19.3 Å². The lowest BCUT2D eigenvalue weighted by molar-refractivity contribution is -0.141. The molecule has 0 bridgehead atoms. The van der Waals surface area contributed by atoms with Crippen molar-refractivity contribution in [3.05, 3.63) is 35.9 Å². The van der Waals surface area contributed by atoms with Gasteiger partial charge in [-0.05, 0) is 31.7 Å². The molecule has 7 nitrogen and oxygen atoms in total. The highest BCUT2D eigenvalue weighted by molar-refractivity contribution is 5.92. The Morgan fingerprint density at radius 2 is 1.89 bits per heavy atom. The molecule has 7 heteroatoms. The van der Waals surface area contributed by atoms with Gasteiger partial charge in [-0.25, -0.2) is 0 Å². The first-order valence-corrected chi connectivity index (χ1v) is 10.1. The van der Waals surface area contributed by atoms with Crippen LogP contribution in [0.4, 0.5) is 0 Å².